The summed E-state index contributed by atoms with van der Waals surface area (Å²) in [6.45, 7) is 0.541. The van der Waals surface area contributed by atoms with E-state index in [0.717, 1.165) is 29.7 Å². The third kappa shape index (κ3) is 6.65. The number of amides is 3. The number of hydrogen-bond acceptors (Lipinski definition) is 5. The van der Waals surface area contributed by atoms with Gasteiger partial charge >= 0.3 is 6.03 Å². The maximum absolute atomic E-state index is 12.0. The van der Waals surface area contributed by atoms with Crippen molar-refractivity contribution in [1.82, 2.24) is 20.9 Å². The number of urea groups is 1. The normalized spacial score (nSPS) is 13.5. The Morgan fingerprint density at radius 3 is 2.53 bits per heavy atom. The van der Waals surface area contributed by atoms with Gasteiger partial charge in [-0.3, -0.25) is 4.79 Å². The van der Waals surface area contributed by atoms with Gasteiger partial charge in [-0.15, -0.1) is 0 Å². The number of rotatable bonds is 9. The van der Waals surface area contributed by atoms with Crippen LogP contribution in [0.15, 0.2) is 42.6 Å². The first kappa shape index (κ1) is 21.4. The second-order valence-electron chi connectivity index (χ2n) is 7.15. The first-order valence-corrected chi connectivity index (χ1v) is 10.2. The standard InChI is InChI=1S/C22H28N4O4/c1-29-18-10-8-16(9-11-18)13-24-20(27)15-26-22(28)25-14-17-5-4-12-23-21(17)30-19-6-2-3-7-19/h4-5,8-12,19H,2-3,6-7,13-15H2,1H3,(H,24,27)(H2,25,26,28). The smallest absolute Gasteiger partial charge is 0.315 e. The molecule has 1 aliphatic carbocycles. The molecule has 0 spiro atoms. The van der Waals surface area contributed by atoms with Crippen molar-refractivity contribution < 1.29 is 19.1 Å². The summed E-state index contributed by atoms with van der Waals surface area (Å²) in [5.41, 5.74) is 1.75. The number of carbonyl (C=O) groups is 2. The number of pyridine rings is 1. The Morgan fingerprint density at radius 1 is 1.03 bits per heavy atom. The topological polar surface area (TPSA) is 102 Å². The molecular weight excluding hydrogens is 384 g/mol. The molecule has 160 valence electrons. The monoisotopic (exact) mass is 412 g/mol. The molecule has 8 heteroatoms. The van der Waals surface area contributed by atoms with Crippen LogP contribution in [0.4, 0.5) is 4.79 Å². The highest BCUT2D eigenvalue weighted by atomic mass is 16.5. The van der Waals surface area contributed by atoms with Crippen molar-refractivity contribution in [3.63, 3.8) is 0 Å². The molecule has 3 amide bonds. The molecule has 8 nitrogen and oxygen atoms in total. The van der Waals surface area contributed by atoms with Crippen LogP contribution in [-0.4, -0.2) is 36.7 Å². The van der Waals surface area contributed by atoms with E-state index in [1.54, 1.807) is 13.3 Å². The minimum Gasteiger partial charge on any atom is -0.497 e. The molecule has 1 saturated carbocycles. The second kappa shape index (κ2) is 11.0. The average molecular weight is 412 g/mol. The van der Waals surface area contributed by atoms with Gasteiger partial charge in [0.25, 0.3) is 0 Å². The number of carbonyl (C=O) groups excluding carboxylic acids is 2. The van der Waals surface area contributed by atoms with Gasteiger partial charge in [-0.2, -0.15) is 0 Å². The van der Waals surface area contributed by atoms with E-state index in [1.165, 1.54) is 12.8 Å². The lowest BCUT2D eigenvalue weighted by Gasteiger charge is -2.15. The number of hydrogen-bond donors (Lipinski definition) is 3. The van der Waals surface area contributed by atoms with Crippen LogP contribution in [0.2, 0.25) is 0 Å². The Morgan fingerprint density at radius 2 is 1.80 bits per heavy atom. The second-order valence-corrected chi connectivity index (χ2v) is 7.15. The zero-order valence-electron chi connectivity index (χ0n) is 17.1. The van der Waals surface area contributed by atoms with Gasteiger partial charge in [-0.05, 0) is 49.4 Å². The Kier molecular flexibility index (Phi) is 7.88. The number of ether oxygens (including phenoxy) is 2. The maximum atomic E-state index is 12.0. The Bertz CT molecular complexity index is 835. The van der Waals surface area contributed by atoms with Crippen LogP contribution in [0.5, 0.6) is 11.6 Å². The molecule has 0 bridgehead atoms. The van der Waals surface area contributed by atoms with Gasteiger partial charge in [0.15, 0.2) is 0 Å². The van der Waals surface area contributed by atoms with Crippen LogP contribution in [0, 0.1) is 0 Å². The molecule has 0 unspecified atom stereocenters. The van der Waals surface area contributed by atoms with E-state index < -0.39 is 6.03 Å². The minimum absolute atomic E-state index is 0.111. The molecule has 1 aliphatic rings. The van der Waals surface area contributed by atoms with Gasteiger partial charge in [0.1, 0.15) is 11.9 Å². The lowest BCUT2D eigenvalue weighted by Crippen LogP contribution is -2.41. The largest absolute Gasteiger partial charge is 0.497 e. The van der Waals surface area contributed by atoms with Crippen LogP contribution in [0.1, 0.15) is 36.8 Å². The molecule has 3 rings (SSSR count). The van der Waals surface area contributed by atoms with Crippen LogP contribution in [0.3, 0.4) is 0 Å². The van der Waals surface area contributed by atoms with Crippen molar-refractivity contribution in [1.29, 1.82) is 0 Å². The van der Waals surface area contributed by atoms with Crippen LogP contribution in [0.25, 0.3) is 0 Å². The fraction of sp³-hybridized carbons (Fsp3) is 0.409. The van der Waals surface area contributed by atoms with Crippen LogP contribution < -0.4 is 25.4 Å². The van der Waals surface area contributed by atoms with E-state index >= 15 is 0 Å². The minimum atomic E-state index is -0.426. The molecule has 1 fully saturated rings. The van der Waals surface area contributed by atoms with Gasteiger partial charge in [0.05, 0.1) is 13.7 Å². The summed E-state index contributed by atoms with van der Waals surface area (Å²) in [6, 6.07) is 10.7. The van der Waals surface area contributed by atoms with Crippen molar-refractivity contribution in [3.05, 3.63) is 53.7 Å². The zero-order valence-corrected chi connectivity index (χ0v) is 17.1. The van der Waals surface area contributed by atoms with E-state index in [-0.39, 0.29) is 25.1 Å². The van der Waals surface area contributed by atoms with Crippen LogP contribution >= 0.6 is 0 Å². The summed E-state index contributed by atoms with van der Waals surface area (Å²) < 4.78 is 11.1. The zero-order chi connectivity index (χ0) is 21.2. The molecule has 0 aliphatic heterocycles. The number of aromatic nitrogens is 1. The first-order valence-electron chi connectivity index (χ1n) is 10.2. The molecule has 0 radical (unpaired) electrons. The van der Waals surface area contributed by atoms with E-state index in [0.29, 0.717) is 12.4 Å². The van der Waals surface area contributed by atoms with Gasteiger partial charge in [0.2, 0.25) is 11.8 Å². The highest BCUT2D eigenvalue weighted by Gasteiger charge is 2.18. The highest BCUT2D eigenvalue weighted by molar-refractivity contribution is 5.83. The van der Waals surface area contributed by atoms with E-state index in [9.17, 15) is 9.59 Å². The number of nitrogens with zero attached hydrogens (tertiary/aromatic N) is 1. The van der Waals surface area contributed by atoms with Gasteiger partial charge in [0, 0.05) is 24.8 Å². The lowest BCUT2D eigenvalue weighted by molar-refractivity contribution is -0.120. The van der Waals surface area contributed by atoms with Crippen molar-refractivity contribution in [2.45, 2.75) is 44.9 Å². The Hall–Kier alpha value is -3.29. The molecular formula is C22H28N4O4. The Labute approximate surface area is 176 Å². The molecule has 1 heterocycles. The molecule has 1 aromatic carbocycles. The molecule has 2 aromatic rings. The number of methoxy groups -OCH3 is 1. The van der Waals surface area contributed by atoms with E-state index in [4.69, 9.17) is 9.47 Å². The number of nitrogens with one attached hydrogen (secondary N) is 3. The highest BCUT2D eigenvalue weighted by Crippen LogP contribution is 2.24. The van der Waals surface area contributed by atoms with E-state index in [2.05, 4.69) is 20.9 Å². The molecule has 1 aromatic heterocycles. The van der Waals surface area contributed by atoms with Gasteiger partial charge < -0.3 is 25.4 Å². The summed E-state index contributed by atoms with van der Waals surface area (Å²) in [4.78, 5) is 28.3. The third-order valence-electron chi connectivity index (χ3n) is 4.93. The van der Waals surface area contributed by atoms with Crippen molar-refractivity contribution >= 4 is 11.9 Å². The fourth-order valence-electron chi connectivity index (χ4n) is 3.23. The molecule has 3 N–H and O–H groups in total. The Balaban J connectivity index is 1.37. The lowest BCUT2D eigenvalue weighted by atomic mass is 10.2. The maximum Gasteiger partial charge on any atom is 0.315 e. The summed E-state index contributed by atoms with van der Waals surface area (Å²) in [6.07, 6.45) is 6.30. The summed E-state index contributed by atoms with van der Waals surface area (Å²) in [5, 5.41) is 8.06. The molecule has 0 atom stereocenters. The summed E-state index contributed by atoms with van der Waals surface area (Å²) in [7, 11) is 1.60. The summed E-state index contributed by atoms with van der Waals surface area (Å²) in [5.74, 6) is 1.04. The van der Waals surface area contributed by atoms with Gasteiger partial charge in [-0.25, -0.2) is 9.78 Å². The molecule has 0 saturated heterocycles. The van der Waals surface area contributed by atoms with Crippen LogP contribution in [-0.2, 0) is 17.9 Å². The van der Waals surface area contributed by atoms with Crippen molar-refractivity contribution in [2.24, 2.45) is 0 Å². The van der Waals surface area contributed by atoms with Crippen molar-refractivity contribution in [3.8, 4) is 11.6 Å². The quantitative estimate of drug-likeness (QED) is 0.588. The predicted molar refractivity (Wildman–Crippen MR) is 112 cm³/mol. The fourth-order valence-corrected chi connectivity index (χ4v) is 3.23. The molecule has 30 heavy (non-hydrogen) atoms. The van der Waals surface area contributed by atoms with E-state index in [1.807, 2.05) is 36.4 Å². The summed E-state index contributed by atoms with van der Waals surface area (Å²) >= 11 is 0. The predicted octanol–water partition coefficient (Wildman–Crippen LogP) is 2.53. The van der Waals surface area contributed by atoms with Crippen molar-refractivity contribution in [2.75, 3.05) is 13.7 Å². The number of benzene rings is 1. The first-order chi connectivity index (χ1) is 14.6. The third-order valence-corrected chi connectivity index (χ3v) is 4.93. The van der Waals surface area contributed by atoms with Gasteiger partial charge in [-0.1, -0.05) is 18.2 Å². The average Bonchev–Trinajstić information content (AvgIpc) is 3.29. The SMILES string of the molecule is COc1ccc(CNC(=O)CNC(=O)NCc2cccnc2OC2CCCC2)cc1.